The van der Waals surface area contributed by atoms with Crippen LogP contribution in [0.15, 0.2) is 18.3 Å². The molecule has 0 aromatic carbocycles. The lowest BCUT2D eigenvalue weighted by Gasteiger charge is -2.08. The molecule has 0 bridgehead atoms. The van der Waals surface area contributed by atoms with Crippen LogP contribution >= 0.6 is 0 Å². The molecule has 124 valence electrons. The molecule has 0 aliphatic rings. The Morgan fingerprint density at radius 2 is 1.64 bits per heavy atom. The van der Waals surface area contributed by atoms with E-state index in [1.54, 1.807) is 6.07 Å². The van der Waals surface area contributed by atoms with Gasteiger partial charge in [0, 0.05) is 6.54 Å². The maximum absolute atomic E-state index is 10.7. The molecule has 0 unspecified atom stereocenters. The minimum absolute atomic E-state index is 0.129. The molecule has 1 aromatic rings. The molecule has 1 rings (SSSR count). The molecule has 9 heteroatoms. The Labute approximate surface area is 128 Å². The van der Waals surface area contributed by atoms with Gasteiger partial charge in [-0.15, -0.1) is 0 Å². The van der Waals surface area contributed by atoms with E-state index in [4.69, 9.17) is 24.7 Å². The molecular weight excluding hydrogens is 294 g/mol. The first-order chi connectivity index (χ1) is 10.8. The van der Waals surface area contributed by atoms with Crippen molar-refractivity contribution in [3.8, 4) is 5.75 Å². The smallest absolute Gasteiger partial charge is 0.406 e. The summed E-state index contributed by atoms with van der Waals surface area (Å²) in [6, 6.07) is 3.07. The van der Waals surface area contributed by atoms with E-state index < -0.39 is 4.92 Å². The molecule has 1 heterocycles. The summed E-state index contributed by atoms with van der Waals surface area (Å²) in [6.45, 7) is 3.38. The quantitative estimate of drug-likeness (QED) is 0.315. The van der Waals surface area contributed by atoms with Gasteiger partial charge in [0.25, 0.3) is 0 Å². The van der Waals surface area contributed by atoms with Gasteiger partial charge in [-0.3, -0.25) is 0 Å². The Balaban J connectivity index is 2.01. The number of pyridine rings is 1. The van der Waals surface area contributed by atoms with Gasteiger partial charge in [-0.25, -0.2) is 0 Å². The predicted octanol–water partition coefficient (Wildman–Crippen LogP) is 0.377. The predicted molar refractivity (Wildman–Crippen MR) is 77.9 cm³/mol. The maximum atomic E-state index is 10.7. The van der Waals surface area contributed by atoms with Crippen molar-refractivity contribution in [3.05, 3.63) is 28.4 Å². The van der Waals surface area contributed by atoms with E-state index in [0.717, 1.165) is 0 Å². The molecule has 0 radical (unpaired) electrons. The standard InChI is InChI=1S/C13H21N3O6/c14-3-5-19-6-7-20-8-9-21-10-11-22-12-2-1-4-15-13(12)16(17)18/h1-2,4H,3,5-11,14H2. The molecule has 0 saturated heterocycles. The van der Waals surface area contributed by atoms with Crippen molar-refractivity contribution in [3.63, 3.8) is 0 Å². The molecule has 2 N–H and O–H groups in total. The van der Waals surface area contributed by atoms with E-state index >= 15 is 0 Å². The van der Waals surface area contributed by atoms with Crippen molar-refractivity contribution < 1.29 is 23.9 Å². The van der Waals surface area contributed by atoms with Crippen molar-refractivity contribution in [1.82, 2.24) is 4.98 Å². The van der Waals surface area contributed by atoms with E-state index in [9.17, 15) is 10.1 Å². The molecule has 0 atom stereocenters. The van der Waals surface area contributed by atoms with Gasteiger partial charge in [0.05, 0.1) is 39.6 Å². The maximum Gasteiger partial charge on any atom is 0.406 e. The third kappa shape index (κ3) is 7.84. The molecule has 0 amide bonds. The number of nitro groups is 1. The van der Waals surface area contributed by atoms with Gasteiger partial charge in [0.2, 0.25) is 5.75 Å². The minimum atomic E-state index is -0.587. The van der Waals surface area contributed by atoms with Crippen molar-refractivity contribution in [1.29, 1.82) is 0 Å². The van der Waals surface area contributed by atoms with Gasteiger partial charge in [0.15, 0.2) is 0 Å². The van der Waals surface area contributed by atoms with E-state index in [2.05, 4.69) is 4.98 Å². The fourth-order valence-electron chi connectivity index (χ4n) is 1.47. The Morgan fingerprint density at radius 3 is 2.23 bits per heavy atom. The Morgan fingerprint density at radius 1 is 1.05 bits per heavy atom. The summed E-state index contributed by atoms with van der Waals surface area (Å²) >= 11 is 0. The van der Waals surface area contributed by atoms with Crippen LogP contribution in [0.1, 0.15) is 0 Å². The SMILES string of the molecule is NCCOCCOCCOCCOc1cccnc1[N+](=O)[O-]. The lowest BCUT2D eigenvalue weighted by atomic mass is 10.4. The van der Waals surface area contributed by atoms with Gasteiger partial charge in [0.1, 0.15) is 12.8 Å². The average molecular weight is 315 g/mol. The highest BCUT2D eigenvalue weighted by molar-refractivity contribution is 5.38. The summed E-state index contributed by atoms with van der Waals surface area (Å²) in [5.74, 6) is -0.173. The van der Waals surface area contributed by atoms with Gasteiger partial charge in [-0.05, 0) is 22.0 Å². The van der Waals surface area contributed by atoms with Crippen molar-refractivity contribution in [2.75, 3.05) is 52.8 Å². The summed E-state index contributed by atoms with van der Waals surface area (Å²) in [4.78, 5) is 13.8. The number of rotatable bonds is 13. The highest BCUT2D eigenvalue weighted by atomic mass is 16.6. The first-order valence-electron chi connectivity index (χ1n) is 6.91. The topological polar surface area (TPSA) is 119 Å². The third-order valence-corrected chi connectivity index (χ3v) is 2.42. The summed E-state index contributed by atoms with van der Waals surface area (Å²) < 4.78 is 21.0. The number of hydrogen-bond acceptors (Lipinski definition) is 8. The lowest BCUT2D eigenvalue weighted by molar-refractivity contribution is -0.390. The second-order valence-electron chi connectivity index (χ2n) is 4.06. The Hall–Kier alpha value is -1.81. The van der Waals surface area contributed by atoms with Gasteiger partial charge >= 0.3 is 5.82 Å². The van der Waals surface area contributed by atoms with Gasteiger partial charge < -0.3 is 34.8 Å². The number of aromatic nitrogens is 1. The molecule has 1 aromatic heterocycles. The third-order valence-electron chi connectivity index (χ3n) is 2.42. The van der Waals surface area contributed by atoms with Crippen molar-refractivity contribution >= 4 is 5.82 Å². The average Bonchev–Trinajstić information content (AvgIpc) is 2.53. The largest absolute Gasteiger partial charge is 0.483 e. The van der Waals surface area contributed by atoms with E-state index in [1.165, 1.54) is 12.3 Å². The highest BCUT2D eigenvalue weighted by Crippen LogP contribution is 2.22. The van der Waals surface area contributed by atoms with Crippen molar-refractivity contribution in [2.45, 2.75) is 0 Å². The second-order valence-corrected chi connectivity index (χ2v) is 4.06. The molecule has 0 fully saturated rings. The fraction of sp³-hybridized carbons (Fsp3) is 0.615. The number of ether oxygens (including phenoxy) is 4. The summed E-state index contributed by atoms with van der Waals surface area (Å²) in [6.07, 6.45) is 1.34. The zero-order chi connectivity index (χ0) is 16.0. The zero-order valence-corrected chi connectivity index (χ0v) is 12.3. The van der Waals surface area contributed by atoms with Crippen LogP contribution in [-0.2, 0) is 14.2 Å². The monoisotopic (exact) mass is 315 g/mol. The number of nitrogens with two attached hydrogens (primary N) is 1. The second kappa shape index (κ2) is 11.8. The number of hydrogen-bond donors (Lipinski definition) is 1. The van der Waals surface area contributed by atoms with Gasteiger partial charge in [-0.1, -0.05) is 0 Å². The van der Waals surface area contributed by atoms with Crippen LogP contribution in [0.5, 0.6) is 5.75 Å². The fourth-order valence-corrected chi connectivity index (χ4v) is 1.47. The highest BCUT2D eigenvalue weighted by Gasteiger charge is 2.14. The summed E-state index contributed by atoms with van der Waals surface area (Å²) in [5, 5.41) is 10.7. The molecule has 0 aliphatic heterocycles. The normalized spacial score (nSPS) is 10.6. The summed E-state index contributed by atoms with van der Waals surface area (Å²) in [7, 11) is 0. The van der Waals surface area contributed by atoms with Crippen LogP contribution < -0.4 is 10.5 Å². The molecule has 0 saturated carbocycles. The van der Waals surface area contributed by atoms with Gasteiger partial charge in [-0.2, -0.15) is 0 Å². The Bertz CT molecular complexity index is 432. The lowest BCUT2D eigenvalue weighted by Crippen LogP contribution is -2.14. The minimum Gasteiger partial charge on any atom is -0.483 e. The van der Waals surface area contributed by atoms with Crippen LogP contribution in [0.25, 0.3) is 0 Å². The zero-order valence-electron chi connectivity index (χ0n) is 12.3. The molecule has 22 heavy (non-hydrogen) atoms. The van der Waals surface area contributed by atoms with E-state index in [-0.39, 0.29) is 18.2 Å². The van der Waals surface area contributed by atoms with Crippen LogP contribution in [0, 0.1) is 10.1 Å². The first kappa shape index (κ1) is 18.2. The molecule has 0 spiro atoms. The van der Waals surface area contributed by atoms with Crippen LogP contribution in [-0.4, -0.2) is 62.7 Å². The van der Waals surface area contributed by atoms with Crippen LogP contribution in [0.2, 0.25) is 0 Å². The summed E-state index contributed by atoms with van der Waals surface area (Å²) in [5.41, 5.74) is 5.27. The van der Waals surface area contributed by atoms with Crippen LogP contribution in [0.4, 0.5) is 5.82 Å². The van der Waals surface area contributed by atoms with E-state index in [1.807, 2.05) is 0 Å². The Kier molecular flexibility index (Phi) is 9.79. The number of nitrogens with zero attached hydrogens (tertiary/aromatic N) is 2. The van der Waals surface area contributed by atoms with E-state index in [0.29, 0.717) is 46.2 Å². The molecular formula is C13H21N3O6. The first-order valence-corrected chi connectivity index (χ1v) is 6.91. The molecule has 0 aliphatic carbocycles. The molecule has 9 nitrogen and oxygen atoms in total. The van der Waals surface area contributed by atoms with Crippen LogP contribution in [0.3, 0.4) is 0 Å². The van der Waals surface area contributed by atoms with Crippen molar-refractivity contribution in [2.24, 2.45) is 5.73 Å².